The molecular formula is C20H26N8O9. The van der Waals surface area contributed by atoms with Crippen LogP contribution in [0.3, 0.4) is 0 Å². The third-order valence-corrected chi connectivity index (χ3v) is 4.95. The molecular weight excluding hydrogens is 496 g/mol. The lowest BCUT2D eigenvalue weighted by atomic mass is 10.1. The first-order valence-corrected chi connectivity index (χ1v) is 10.7. The number of aromatic nitrogens is 4. The lowest BCUT2D eigenvalue weighted by molar-refractivity contribution is -0.147. The van der Waals surface area contributed by atoms with Gasteiger partial charge in [-0.15, -0.1) is 0 Å². The summed E-state index contributed by atoms with van der Waals surface area (Å²) in [7, 11) is 0. The van der Waals surface area contributed by atoms with Crippen LogP contribution in [0.15, 0.2) is 25.0 Å². The van der Waals surface area contributed by atoms with Gasteiger partial charge in [0.25, 0.3) is 0 Å². The van der Waals surface area contributed by atoms with E-state index in [-0.39, 0.29) is 12.8 Å². The molecule has 2 rings (SSSR count). The number of nitrogens with one attached hydrogen (secondary N) is 5. The van der Waals surface area contributed by atoms with Gasteiger partial charge in [-0.25, -0.2) is 14.8 Å². The Labute approximate surface area is 208 Å². The van der Waals surface area contributed by atoms with Crippen molar-refractivity contribution in [2.45, 2.75) is 49.9 Å². The molecule has 0 radical (unpaired) electrons. The van der Waals surface area contributed by atoms with Gasteiger partial charge in [0.1, 0.15) is 18.1 Å². The van der Waals surface area contributed by atoms with E-state index in [0.717, 1.165) is 0 Å². The summed E-state index contributed by atoms with van der Waals surface area (Å²) in [5, 5.41) is 33.9. The van der Waals surface area contributed by atoms with Crippen LogP contribution in [0, 0.1) is 0 Å². The van der Waals surface area contributed by atoms with Crippen LogP contribution in [0.25, 0.3) is 0 Å². The third kappa shape index (κ3) is 9.40. The van der Waals surface area contributed by atoms with Gasteiger partial charge in [-0.2, -0.15) is 0 Å². The first kappa shape index (κ1) is 28.4. The summed E-state index contributed by atoms with van der Waals surface area (Å²) in [4.78, 5) is 84.9. The van der Waals surface area contributed by atoms with Gasteiger partial charge in [0, 0.05) is 36.6 Å². The maximum absolute atomic E-state index is 12.9. The highest BCUT2D eigenvalue weighted by atomic mass is 16.4. The zero-order valence-electron chi connectivity index (χ0n) is 19.2. The van der Waals surface area contributed by atoms with E-state index >= 15 is 0 Å². The molecule has 10 N–H and O–H groups in total. The van der Waals surface area contributed by atoms with Crippen molar-refractivity contribution in [1.82, 2.24) is 35.9 Å². The molecule has 0 bridgehead atoms. The zero-order chi connectivity index (χ0) is 27.5. The van der Waals surface area contributed by atoms with Crippen LogP contribution in [0.2, 0.25) is 0 Å². The number of rotatable bonds is 15. The topological polar surface area (TPSA) is 283 Å². The first-order chi connectivity index (χ1) is 17.5. The van der Waals surface area contributed by atoms with Crippen molar-refractivity contribution in [3.05, 3.63) is 36.4 Å². The minimum Gasteiger partial charge on any atom is -0.481 e. The number of aliphatic carboxylic acids is 3. The van der Waals surface area contributed by atoms with Gasteiger partial charge in [0.05, 0.1) is 31.5 Å². The molecule has 2 heterocycles. The maximum atomic E-state index is 12.9. The molecule has 0 aliphatic heterocycles. The number of aromatic amines is 2. The number of imidazole rings is 2. The van der Waals surface area contributed by atoms with Gasteiger partial charge in [0.15, 0.2) is 0 Å². The van der Waals surface area contributed by atoms with Crippen molar-refractivity contribution >= 4 is 35.6 Å². The number of amides is 3. The van der Waals surface area contributed by atoms with E-state index in [0.29, 0.717) is 11.4 Å². The first-order valence-electron chi connectivity index (χ1n) is 10.7. The highest BCUT2D eigenvalue weighted by molar-refractivity contribution is 5.96. The van der Waals surface area contributed by atoms with Crippen LogP contribution in [0.5, 0.6) is 0 Å². The fourth-order valence-corrected chi connectivity index (χ4v) is 3.13. The van der Waals surface area contributed by atoms with Crippen molar-refractivity contribution in [3.8, 4) is 0 Å². The number of hydrogen-bond acceptors (Lipinski definition) is 9. The molecule has 4 atom stereocenters. The number of carbonyl (C=O) groups is 6. The molecule has 37 heavy (non-hydrogen) atoms. The quantitative estimate of drug-likeness (QED) is 0.111. The Morgan fingerprint density at radius 1 is 0.730 bits per heavy atom. The van der Waals surface area contributed by atoms with E-state index < -0.39 is 72.6 Å². The summed E-state index contributed by atoms with van der Waals surface area (Å²) in [5.41, 5.74) is 6.69. The highest BCUT2D eigenvalue weighted by Gasteiger charge is 2.32. The number of nitrogens with two attached hydrogens (primary N) is 1. The fraction of sp³-hybridized carbons (Fsp3) is 0.400. The molecule has 0 aliphatic carbocycles. The molecule has 2 aromatic heterocycles. The van der Waals surface area contributed by atoms with E-state index in [1.165, 1.54) is 25.0 Å². The molecule has 0 saturated heterocycles. The Morgan fingerprint density at radius 3 is 1.68 bits per heavy atom. The van der Waals surface area contributed by atoms with Crippen molar-refractivity contribution in [2.75, 3.05) is 0 Å². The van der Waals surface area contributed by atoms with E-state index in [1.54, 1.807) is 0 Å². The van der Waals surface area contributed by atoms with E-state index in [4.69, 9.17) is 10.8 Å². The summed E-state index contributed by atoms with van der Waals surface area (Å²) in [6, 6.07) is -6.11. The molecule has 2 aromatic rings. The predicted molar refractivity (Wildman–Crippen MR) is 120 cm³/mol. The average Bonchev–Trinajstić information content (AvgIpc) is 3.51. The van der Waals surface area contributed by atoms with Crippen molar-refractivity contribution in [3.63, 3.8) is 0 Å². The zero-order valence-corrected chi connectivity index (χ0v) is 19.2. The second-order valence-corrected chi connectivity index (χ2v) is 7.89. The van der Waals surface area contributed by atoms with Crippen LogP contribution in [-0.2, 0) is 41.6 Å². The summed E-state index contributed by atoms with van der Waals surface area (Å²) in [6.07, 6.45) is 3.39. The summed E-state index contributed by atoms with van der Waals surface area (Å²) < 4.78 is 0. The number of nitrogens with zero attached hydrogens (tertiary/aromatic N) is 2. The molecule has 0 fully saturated rings. The molecule has 0 saturated carbocycles. The van der Waals surface area contributed by atoms with Gasteiger partial charge in [-0.1, -0.05) is 0 Å². The molecule has 0 aliphatic rings. The van der Waals surface area contributed by atoms with Crippen molar-refractivity contribution in [2.24, 2.45) is 5.73 Å². The van der Waals surface area contributed by atoms with Gasteiger partial charge >= 0.3 is 17.9 Å². The number of hydrogen-bond donors (Lipinski definition) is 9. The van der Waals surface area contributed by atoms with Crippen molar-refractivity contribution < 1.29 is 44.1 Å². The van der Waals surface area contributed by atoms with Gasteiger partial charge < -0.3 is 47.0 Å². The largest absolute Gasteiger partial charge is 0.481 e. The normalized spacial score (nSPS) is 14.0. The monoisotopic (exact) mass is 522 g/mol. The van der Waals surface area contributed by atoms with E-state index in [2.05, 4.69) is 30.6 Å². The van der Waals surface area contributed by atoms with E-state index in [9.17, 15) is 39.0 Å². The molecule has 17 heteroatoms. The smallest absolute Gasteiger partial charge is 0.326 e. The Hall–Kier alpha value is -4.80. The summed E-state index contributed by atoms with van der Waals surface area (Å²) in [6.45, 7) is 0. The van der Waals surface area contributed by atoms with Gasteiger partial charge in [-0.05, 0) is 0 Å². The second kappa shape index (κ2) is 13.3. The Morgan fingerprint density at radius 2 is 1.19 bits per heavy atom. The van der Waals surface area contributed by atoms with Gasteiger partial charge in [0.2, 0.25) is 17.7 Å². The van der Waals surface area contributed by atoms with Crippen LogP contribution < -0.4 is 21.7 Å². The fourth-order valence-electron chi connectivity index (χ4n) is 3.13. The number of carbonyl (C=O) groups excluding carboxylic acids is 3. The molecule has 200 valence electrons. The molecule has 3 amide bonds. The average molecular weight is 522 g/mol. The molecule has 0 spiro atoms. The second-order valence-electron chi connectivity index (χ2n) is 7.89. The minimum absolute atomic E-state index is 0.0122. The Balaban J connectivity index is 2.17. The van der Waals surface area contributed by atoms with Crippen LogP contribution >= 0.6 is 0 Å². The lowest BCUT2D eigenvalue weighted by Gasteiger charge is -2.24. The Kier molecular flexibility index (Phi) is 10.2. The molecule has 0 aromatic carbocycles. The standard InChI is InChI=1S/C20H26N8O9/c21-11(1-9-5-22-7-24-9)17(33)26-13(3-15(29)30)19(35)27-12(2-10-6-23-8-25-10)18(34)28-14(20(36)37)4-16(31)32/h5-8,11-14H,1-4,21H2,(H,22,24)(H,23,25)(H,26,33)(H,27,35)(H,28,34)(H,29,30)(H,31,32)(H,36,37). The van der Waals surface area contributed by atoms with Crippen molar-refractivity contribution in [1.29, 1.82) is 0 Å². The minimum atomic E-state index is -1.80. The van der Waals surface area contributed by atoms with Gasteiger partial charge in [-0.3, -0.25) is 24.0 Å². The highest BCUT2D eigenvalue weighted by Crippen LogP contribution is 2.04. The molecule has 17 nitrogen and oxygen atoms in total. The van der Waals surface area contributed by atoms with Crippen LogP contribution in [-0.4, -0.2) is 95.1 Å². The van der Waals surface area contributed by atoms with Crippen LogP contribution in [0.1, 0.15) is 24.2 Å². The lowest BCUT2D eigenvalue weighted by Crippen LogP contribution is -2.58. The SMILES string of the molecule is NC(Cc1cnc[nH]1)C(=O)NC(CC(=O)O)C(=O)NC(Cc1cnc[nH]1)C(=O)NC(CC(=O)O)C(=O)O. The Bertz CT molecular complexity index is 1100. The molecule has 4 unspecified atom stereocenters. The van der Waals surface area contributed by atoms with Crippen LogP contribution in [0.4, 0.5) is 0 Å². The summed E-state index contributed by atoms with van der Waals surface area (Å²) in [5.74, 6) is -7.54. The number of carboxylic acids is 3. The van der Waals surface area contributed by atoms with E-state index in [1.807, 2.05) is 5.32 Å². The predicted octanol–water partition coefficient (Wildman–Crippen LogP) is -3.27. The maximum Gasteiger partial charge on any atom is 0.326 e. The number of carboxylic acid groups (broad SMARTS) is 3. The number of H-pyrrole nitrogens is 2. The summed E-state index contributed by atoms with van der Waals surface area (Å²) >= 11 is 0. The third-order valence-electron chi connectivity index (χ3n) is 4.95.